The predicted octanol–water partition coefficient (Wildman–Crippen LogP) is 1.80. The van der Waals surface area contributed by atoms with Gasteiger partial charge in [-0.25, -0.2) is 9.97 Å². The number of carbonyl (C=O) groups excluding carboxylic acids is 1. The van der Waals surface area contributed by atoms with Gasteiger partial charge in [0.1, 0.15) is 18.0 Å². The van der Waals surface area contributed by atoms with Crippen molar-refractivity contribution in [2.24, 2.45) is 0 Å². The number of amides is 1. The molecule has 1 amide bonds. The summed E-state index contributed by atoms with van der Waals surface area (Å²) < 4.78 is 0. The van der Waals surface area contributed by atoms with Gasteiger partial charge in [0.2, 0.25) is 5.91 Å². The van der Waals surface area contributed by atoms with Gasteiger partial charge in [0.25, 0.3) is 0 Å². The summed E-state index contributed by atoms with van der Waals surface area (Å²) in [6, 6.07) is 1.98. The van der Waals surface area contributed by atoms with Crippen molar-refractivity contribution in [3.05, 3.63) is 12.4 Å². The van der Waals surface area contributed by atoms with Crippen LogP contribution in [0.25, 0.3) is 0 Å². The molecular weight excluding hydrogens is 266 g/mol. The number of rotatable bonds is 8. The van der Waals surface area contributed by atoms with E-state index in [2.05, 4.69) is 32.4 Å². The van der Waals surface area contributed by atoms with Crippen LogP contribution < -0.4 is 15.5 Å². The average molecular weight is 291 g/mol. The van der Waals surface area contributed by atoms with Gasteiger partial charge in [0.05, 0.1) is 0 Å². The predicted molar refractivity (Wildman–Crippen MR) is 84.5 cm³/mol. The lowest BCUT2D eigenvalue weighted by Gasteiger charge is -2.16. The molecule has 1 aliphatic heterocycles. The zero-order chi connectivity index (χ0) is 14.9. The Balaban J connectivity index is 1.70. The molecule has 2 heterocycles. The first-order valence-corrected chi connectivity index (χ1v) is 7.87. The minimum atomic E-state index is 0.124. The number of carbonyl (C=O) groups is 1. The van der Waals surface area contributed by atoms with Crippen molar-refractivity contribution in [3.8, 4) is 0 Å². The van der Waals surface area contributed by atoms with Crippen LogP contribution in [0.15, 0.2) is 12.4 Å². The number of hydrogen-bond donors (Lipinski definition) is 2. The largest absolute Gasteiger partial charge is 0.368 e. The van der Waals surface area contributed by atoms with Crippen LogP contribution in [0.4, 0.5) is 11.6 Å². The summed E-state index contributed by atoms with van der Waals surface area (Å²) in [4.78, 5) is 22.3. The monoisotopic (exact) mass is 291 g/mol. The molecule has 1 saturated heterocycles. The average Bonchev–Trinajstić information content (AvgIpc) is 3.04. The minimum Gasteiger partial charge on any atom is -0.368 e. The highest BCUT2D eigenvalue weighted by Crippen LogP contribution is 2.18. The number of anilines is 2. The van der Waals surface area contributed by atoms with Crippen LogP contribution in [0.3, 0.4) is 0 Å². The number of hydrogen-bond acceptors (Lipinski definition) is 5. The van der Waals surface area contributed by atoms with Crippen LogP contribution in [-0.4, -0.2) is 42.1 Å². The van der Waals surface area contributed by atoms with E-state index in [1.165, 1.54) is 12.8 Å². The summed E-state index contributed by atoms with van der Waals surface area (Å²) in [5.74, 6) is 1.92. The first-order chi connectivity index (χ1) is 10.3. The standard InChI is InChI=1S/C15H25N5O/c1-2-3-6-15(21)17-8-7-16-13-11-14(19-12-18-13)20-9-4-5-10-20/h11-12H,2-10H2,1H3,(H,17,21)(H,16,18,19). The molecule has 0 spiro atoms. The van der Waals surface area contributed by atoms with E-state index in [1.807, 2.05) is 6.07 Å². The lowest BCUT2D eigenvalue weighted by atomic mass is 10.2. The van der Waals surface area contributed by atoms with Crippen LogP contribution in [0.2, 0.25) is 0 Å². The second kappa shape index (κ2) is 8.44. The highest BCUT2D eigenvalue weighted by molar-refractivity contribution is 5.75. The van der Waals surface area contributed by atoms with Crippen molar-refractivity contribution in [2.45, 2.75) is 39.0 Å². The first-order valence-electron chi connectivity index (χ1n) is 7.87. The van der Waals surface area contributed by atoms with Crippen molar-refractivity contribution < 1.29 is 4.79 Å². The normalized spacial score (nSPS) is 14.2. The van der Waals surface area contributed by atoms with Gasteiger partial charge < -0.3 is 15.5 Å². The molecule has 0 aliphatic carbocycles. The van der Waals surface area contributed by atoms with E-state index in [1.54, 1.807) is 6.33 Å². The molecule has 0 bridgehead atoms. The lowest BCUT2D eigenvalue weighted by Crippen LogP contribution is -2.28. The van der Waals surface area contributed by atoms with Gasteiger partial charge in [-0.05, 0) is 19.3 Å². The molecule has 116 valence electrons. The Bertz CT molecular complexity index is 445. The number of nitrogens with zero attached hydrogens (tertiary/aromatic N) is 3. The SMILES string of the molecule is CCCCC(=O)NCCNc1cc(N2CCCC2)ncn1. The Morgan fingerprint density at radius 1 is 1.29 bits per heavy atom. The maximum atomic E-state index is 11.5. The van der Waals surface area contributed by atoms with Crippen molar-refractivity contribution in [3.63, 3.8) is 0 Å². The van der Waals surface area contributed by atoms with E-state index in [0.29, 0.717) is 19.5 Å². The molecule has 6 heteroatoms. The third-order valence-corrected chi connectivity index (χ3v) is 3.59. The second-order valence-corrected chi connectivity index (χ2v) is 5.34. The first kappa shape index (κ1) is 15.5. The Morgan fingerprint density at radius 2 is 2.10 bits per heavy atom. The van der Waals surface area contributed by atoms with Crippen LogP contribution in [0, 0.1) is 0 Å². The number of unbranched alkanes of at least 4 members (excludes halogenated alkanes) is 1. The molecule has 1 aliphatic rings. The maximum Gasteiger partial charge on any atom is 0.220 e. The molecule has 6 nitrogen and oxygen atoms in total. The quantitative estimate of drug-likeness (QED) is 0.715. The fourth-order valence-corrected chi connectivity index (χ4v) is 2.38. The van der Waals surface area contributed by atoms with Crippen LogP contribution in [-0.2, 0) is 4.79 Å². The maximum absolute atomic E-state index is 11.5. The van der Waals surface area contributed by atoms with E-state index in [0.717, 1.165) is 37.6 Å². The van der Waals surface area contributed by atoms with Crippen molar-refractivity contribution >= 4 is 17.5 Å². The van der Waals surface area contributed by atoms with Gasteiger partial charge in [-0.2, -0.15) is 0 Å². The van der Waals surface area contributed by atoms with Crippen LogP contribution in [0.1, 0.15) is 39.0 Å². The van der Waals surface area contributed by atoms with Crippen molar-refractivity contribution in [1.82, 2.24) is 15.3 Å². The molecule has 2 rings (SSSR count). The molecule has 1 aromatic heterocycles. The molecule has 1 aromatic rings. The van der Waals surface area contributed by atoms with E-state index in [-0.39, 0.29) is 5.91 Å². The highest BCUT2D eigenvalue weighted by Gasteiger charge is 2.13. The number of nitrogens with one attached hydrogen (secondary N) is 2. The Morgan fingerprint density at radius 3 is 2.86 bits per heavy atom. The minimum absolute atomic E-state index is 0.124. The third-order valence-electron chi connectivity index (χ3n) is 3.59. The zero-order valence-electron chi connectivity index (χ0n) is 12.8. The Kier molecular flexibility index (Phi) is 6.24. The van der Waals surface area contributed by atoms with Gasteiger partial charge >= 0.3 is 0 Å². The second-order valence-electron chi connectivity index (χ2n) is 5.34. The molecule has 0 saturated carbocycles. The molecule has 0 unspecified atom stereocenters. The van der Waals surface area contributed by atoms with Crippen molar-refractivity contribution in [1.29, 1.82) is 0 Å². The molecular formula is C15H25N5O. The van der Waals surface area contributed by atoms with Gasteiger partial charge in [0, 0.05) is 38.7 Å². The van der Waals surface area contributed by atoms with Gasteiger partial charge in [-0.15, -0.1) is 0 Å². The van der Waals surface area contributed by atoms with E-state index >= 15 is 0 Å². The topological polar surface area (TPSA) is 70.2 Å². The van der Waals surface area contributed by atoms with Gasteiger partial charge in [0.15, 0.2) is 0 Å². The smallest absolute Gasteiger partial charge is 0.220 e. The van der Waals surface area contributed by atoms with Gasteiger partial charge in [-0.1, -0.05) is 13.3 Å². The van der Waals surface area contributed by atoms with E-state index < -0.39 is 0 Å². The summed E-state index contributed by atoms with van der Waals surface area (Å²) in [6.45, 7) is 5.52. The van der Waals surface area contributed by atoms with Gasteiger partial charge in [-0.3, -0.25) is 4.79 Å². The molecule has 1 fully saturated rings. The van der Waals surface area contributed by atoms with E-state index in [4.69, 9.17) is 0 Å². The third kappa shape index (κ3) is 5.21. The number of aromatic nitrogens is 2. The molecule has 21 heavy (non-hydrogen) atoms. The molecule has 0 atom stereocenters. The summed E-state index contributed by atoms with van der Waals surface area (Å²) in [5, 5.41) is 6.13. The van der Waals surface area contributed by atoms with E-state index in [9.17, 15) is 4.79 Å². The molecule has 0 radical (unpaired) electrons. The molecule has 2 N–H and O–H groups in total. The summed E-state index contributed by atoms with van der Waals surface area (Å²) in [5.41, 5.74) is 0. The summed E-state index contributed by atoms with van der Waals surface area (Å²) >= 11 is 0. The lowest BCUT2D eigenvalue weighted by molar-refractivity contribution is -0.121. The summed E-state index contributed by atoms with van der Waals surface area (Å²) in [6.07, 6.45) is 6.67. The Labute approximate surface area is 126 Å². The fourth-order valence-electron chi connectivity index (χ4n) is 2.38. The Hall–Kier alpha value is -1.85. The summed E-state index contributed by atoms with van der Waals surface area (Å²) in [7, 11) is 0. The highest BCUT2D eigenvalue weighted by atomic mass is 16.1. The molecule has 0 aromatic carbocycles. The van der Waals surface area contributed by atoms with Crippen molar-refractivity contribution in [2.75, 3.05) is 36.4 Å². The fraction of sp³-hybridized carbons (Fsp3) is 0.667. The zero-order valence-corrected chi connectivity index (χ0v) is 12.8. The van der Waals surface area contributed by atoms with Crippen LogP contribution >= 0.6 is 0 Å². The van der Waals surface area contributed by atoms with Crippen LogP contribution in [0.5, 0.6) is 0 Å².